The zero-order valence-electron chi connectivity index (χ0n) is 9.66. The lowest BCUT2D eigenvalue weighted by Crippen LogP contribution is -2.36. The molecule has 78 valence electrons. The van der Waals surface area contributed by atoms with E-state index in [0.29, 0.717) is 0 Å². The maximum absolute atomic E-state index is 11.6. The van der Waals surface area contributed by atoms with Crippen molar-refractivity contribution < 1.29 is 4.73 Å². The van der Waals surface area contributed by atoms with E-state index >= 15 is 0 Å². The van der Waals surface area contributed by atoms with Gasteiger partial charge in [0.1, 0.15) is 0 Å². The fraction of sp³-hybridized carbons (Fsp3) is 0.583. The van der Waals surface area contributed by atoms with Gasteiger partial charge < -0.3 is 5.21 Å². The van der Waals surface area contributed by atoms with Crippen molar-refractivity contribution in [2.75, 3.05) is 0 Å². The highest BCUT2D eigenvalue weighted by Gasteiger charge is 2.27. The summed E-state index contributed by atoms with van der Waals surface area (Å²) in [6.45, 7) is 10.5. The van der Waals surface area contributed by atoms with E-state index in [-0.39, 0.29) is 11.3 Å². The summed E-state index contributed by atoms with van der Waals surface area (Å²) in [5.41, 5.74) is 1.98. The van der Waals surface area contributed by atoms with Gasteiger partial charge in [0.15, 0.2) is 11.9 Å². The molecule has 14 heavy (non-hydrogen) atoms. The summed E-state index contributed by atoms with van der Waals surface area (Å²) in [4.78, 5) is 0. The van der Waals surface area contributed by atoms with E-state index in [2.05, 4.69) is 27.7 Å². The van der Waals surface area contributed by atoms with Gasteiger partial charge in [-0.15, -0.1) is 0 Å². The van der Waals surface area contributed by atoms with E-state index in [1.54, 1.807) is 6.20 Å². The van der Waals surface area contributed by atoms with E-state index in [0.717, 1.165) is 16.0 Å². The third kappa shape index (κ3) is 2.25. The number of rotatable bonds is 1. The molecule has 0 aliphatic heterocycles. The predicted molar refractivity (Wildman–Crippen MR) is 58.0 cm³/mol. The first kappa shape index (κ1) is 11.0. The maximum atomic E-state index is 11.6. The van der Waals surface area contributed by atoms with Crippen molar-refractivity contribution in [2.45, 2.75) is 40.5 Å². The third-order valence-corrected chi connectivity index (χ3v) is 2.84. The third-order valence-electron chi connectivity index (χ3n) is 2.84. The average Bonchev–Trinajstić information content (AvgIpc) is 2.01. The van der Waals surface area contributed by atoms with Crippen molar-refractivity contribution >= 4 is 0 Å². The number of hydrogen-bond acceptors (Lipinski definition) is 1. The van der Waals surface area contributed by atoms with E-state index in [4.69, 9.17) is 0 Å². The first-order valence-electron chi connectivity index (χ1n) is 5.02. The highest BCUT2D eigenvalue weighted by atomic mass is 16.5. The van der Waals surface area contributed by atoms with Gasteiger partial charge in [0.05, 0.1) is 0 Å². The molecule has 0 amide bonds. The molecule has 1 atom stereocenters. The molecule has 0 saturated carbocycles. The van der Waals surface area contributed by atoms with Crippen molar-refractivity contribution in [2.24, 2.45) is 5.41 Å². The first-order valence-corrected chi connectivity index (χ1v) is 5.02. The lowest BCUT2D eigenvalue weighted by molar-refractivity contribution is -0.616. The molecule has 0 aromatic carbocycles. The van der Waals surface area contributed by atoms with Gasteiger partial charge in [0.2, 0.25) is 0 Å². The molecule has 0 aliphatic carbocycles. The number of aromatic nitrogens is 1. The van der Waals surface area contributed by atoms with Gasteiger partial charge in [-0.05, 0) is 18.4 Å². The van der Waals surface area contributed by atoms with Gasteiger partial charge in [0, 0.05) is 17.5 Å². The van der Waals surface area contributed by atoms with Crippen molar-refractivity contribution in [1.82, 2.24) is 0 Å². The second-order valence-electron chi connectivity index (χ2n) is 5.04. The Morgan fingerprint density at radius 1 is 1.29 bits per heavy atom. The van der Waals surface area contributed by atoms with E-state index in [1.165, 1.54) is 0 Å². The minimum atomic E-state index is 0.126. The van der Waals surface area contributed by atoms with Crippen LogP contribution in [0, 0.1) is 17.5 Å². The summed E-state index contributed by atoms with van der Waals surface area (Å²) in [7, 11) is 0. The van der Waals surface area contributed by atoms with Crippen LogP contribution in [0.1, 0.15) is 44.9 Å². The number of aryl methyl sites for hydroxylation is 1. The summed E-state index contributed by atoms with van der Waals surface area (Å²) in [5.74, 6) is 0.264. The van der Waals surface area contributed by atoms with Gasteiger partial charge in [-0.25, -0.2) is 0 Å². The van der Waals surface area contributed by atoms with Crippen LogP contribution in [0.2, 0.25) is 0 Å². The number of nitrogens with zero attached hydrogens (tertiary/aromatic N) is 1. The van der Waals surface area contributed by atoms with Crippen LogP contribution in [-0.2, 0) is 0 Å². The Hall–Kier alpha value is -1.05. The summed E-state index contributed by atoms with van der Waals surface area (Å²) in [5, 5.41) is 11.6. The lowest BCUT2D eigenvalue weighted by atomic mass is 9.80. The van der Waals surface area contributed by atoms with Gasteiger partial charge >= 0.3 is 0 Å². The molecule has 0 bridgehead atoms. The van der Waals surface area contributed by atoms with Crippen LogP contribution >= 0.6 is 0 Å². The van der Waals surface area contributed by atoms with Crippen LogP contribution < -0.4 is 4.73 Å². The fourth-order valence-corrected chi connectivity index (χ4v) is 1.37. The number of hydrogen-bond donors (Lipinski definition) is 0. The first-order chi connectivity index (χ1) is 6.32. The Morgan fingerprint density at radius 3 is 2.29 bits per heavy atom. The normalized spacial score (nSPS) is 14.1. The molecule has 2 heteroatoms. The minimum Gasteiger partial charge on any atom is -0.618 e. The molecule has 0 saturated heterocycles. The monoisotopic (exact) mass is 193 g/mol. The van der Waals surface area contributed by atoms with Crippen LogP contribution in [0.5, 0.6) is 0 Å². The second kappa shape index (κ2) is 3.60. The van der Waals surface area contributed by atoms with Gasteiger partial charge in [-0.2, -0.15) is 4.73 Å². The van der Waals surface area contributed by atoms with Crippen molar-refractivity contribution in [3.8, 4) is 0 Å². The Morgan fingerprint density at radius 2 is 1.86 bits per heavy atom. The molecular weight excluding hydrogens is 174 g/mol. The molecular formula is C12H19NO. The molecule has 1 rings (SSSR count). The highest BCUT2D eigenvalue weighted by Crippen LogP contribution is 2.32. The summed E-state index contributed by atoms with van der Waals surface area (Å²) < 4.78 is 0.991. The van der Waals surface area contributed by atoms with Crippen LogP contribution in [0.3, 0.4) is 0 Å². The number of pyridine rings is 1. The van der Waals surface area contributed by atoms with Crippen LogP contribution in [0.15, 0.2) is 18.3 Å². The fourth-order valence-electron chi connectivity index (χ4n) is 1.37. The quantitative estimate of drug-likeness (QED) is 0.497. The van der Waals surface area contributed by atoms with Crippen LogP contribution in [0.25, 0.3) is 0 Å². The second-order valence-corrected chi connectivity index (χ2v) is 5.04. The van der Waals surface area contributed by atoms with Crippen LogP contribution in [-0.4, -0.2) is 0 Å². The SMILES string of the molecule is Cc1ccc([C@@H](C)C(C)(C)C)[n+]([O-])c1. The molecule has 1 heterocycles. The van der Waals surface area contributed by atoms with Crippen molar-refractivity contribution in [3.63, 3.8) is 0 Å². The average molecular weight is 193 g/mol. The smallest absolute Gasteiger partial charge is 0.196 e. The maximum Gasteiger partial charge on any atom is 0.196 e. The molecule has 0 unspecified atom stereocenters. The molecule has 2 nitrogen and oxygen atoms in total. The molecule has 1 aromatic heterocycles. The molecule has 1 aromatic rings. The van der Waals surface area contributed by atoms with E-state index in [9.17, 15) is 5.21 Å². The summed E-state index contributed by atoms with van der Waals surface area (Å²) in [6.07, 6.45) is 1.64. The lowest BCUT2D eigenvalue weighted by Gasteiger charge is -2.25. The zero-order valence-corrected chi connectivity index (χ0v) is 9.66. The predicted octanol–water partition coefficient (Wildman–Crippen LogP) is 2.78. The summed E-state index contributed by atoms with van der Waals surface area (Å²) >= 11 is 0. The molecule has 0 spiro atoms. The van der Waals surface area contributed by atoms with E-state index < -0.39 is 0 Å². The minimum absolute atomic E-state index is 0.126. The summed E-state index contributed by atoms with van der Waals surface area (Å²) in [6, 6.07) is 3.92. The van der Waals surface area contributed by atoms with E-state index in [1.807, 2.05) is 19.1 Å². The topological polar surface area (TPSA) is 26.9 Å². The Kier molecular flexibility index (Phi) is 2.84. The van der Waals surface area contributed by atoms with Crippen molar-refractivity contribution in [1.29, 1.82) is 0 Å². The van der Waals surface area contributed by atoms with Gasteiger partial charge in [-0.3, -0.25) is 0 Å². The molecule has 0 fully saturated rings. The largest absolute Gasteiger partial charge is 0.618 e. The standard InChI is InChI=1S/C12H19NO/c1-9-6-7-11(13(14)8-9)10(2)12(3,4)5/h6-8,10H,1-5H3/t10-/m1/s1. The van der Waals surface area contributed by atoms with Gasteiger partial charge in [-0.1, -0.05) is 27.7 Å². The van der Waals surface area contributed by atoms with Crippen molar-refractivity contribution in [3.05, 3.63) is 34.8 Å². The van der Waals surface area contributed by atoms with Crippen LogP contribution in [0.4, 0.5) is 0 Å². The molecule has 0 aliphatic rings. The molecule has 0 radical (unpaired) electrons. The molecule has 0 N–H and O–H groups in total. The Labute approximate surface area is 86.2 Å². The Bertz CT molecular complexity index is 326. The highest BCUT2D eigenvalue weighted by molar-refractivity contribution is 5.11. The Balaban J connectivity index is 3.08. The zero-order chi connectivity index (χ0) is 10.9. The van der Waals surface area contributed by atoms with Gasteiger partial charge in [0.25, 0.3) is 0 Å².